The molecule has 0 saturated carbocycles. The van der Waals surface area contributed by atoms with Gasteiger partial charge in [-0.15, -0.1) is 0 Å². The molecule has 0 atom stereocenters. The quantitative estimate of drug-likeness (QED) is 0.416. The summed E-state index contributed by atoms with van der Waals surface area (Å²) in [7, 11) is 0. The highest BCUT2D eigenvalue weighted by atomic mass is 35.5. The zero-order valence-corrected chi connectivity index (χ0v) is 16.6. The zero-order chi connectivity index (χ0) is 19.7. The molecule has 0 unspecified atom stereocenters. The van der Waals surface area contributed by atoms with E-state index in [2.05, 4.69) is 4.98 Å². The average Bonchev–Trinajstić information content (AvgIpc) is 3.31. The predicted molar refractivity (Wildman–Crippen MR) is 109 cm³/mol. The van der Waals surface area contributed by atoms with E-state index < -0.39 is 0 Å². The minimum Gasteiger partial charge on any atom is -0.467 e. The van der Waals surface area contributed by atoms with E-state index in [4.69, 9.17) is 16.0 Å². The van der Waals surface area contributed by atoms with Crippen molar-refractivity contribution in [2.24, 2.45) is 0 Å². The second-order valence-corrected chi connectivity index (χ2v) is 7.87. The van der Waals surface area contributed by atoms with Crippen molar-refractivity contribution < 1.29 is 13.6 Å². The largest absolute Gasteiger partial charge is 0.467 e. The van der Waals surface area contributed by atoms with Crippen molar-refractivity contribution >= 4 is 44.2 Å². The zero-order valence-electron chi connectivity index (χ0n) is 15.0. The lowest BCUT2D eigenvalue weighted by atomic mass is 10.1. The van der Waals surface area contributed by atoms with Crippen LogP contribution in [-0.4, -0.2) is 10.9 Å². The summed E-state index contributed by atoms with van der Waals surface area (Å²) in [5.41, 5.74) is 2.51. The molecule has 142 valence electrons. The van der Waals surface area contributed by atoms with Gasteiger partial charge in [0.05, 0.1) is 29.4 Å². The van der Waals surface area contributed by atoms with Crippen LogP contribution in [0.25, 0.3) is 10.2 Å². The van der Waals surface area contributed by atoms with Crippen LogP contribution < -0.4 is 4.90 Å². The fraction of sp³-hybridized carbons (Fsp3) is 0.143. The maximum Gasteiger partial charge on any atom is 0.233 e. The molecule has 7 heteroatoms. The Morgan fingerprint density at radius 2 is 2.04 bits per heavy atom. The van der Waals surface area contributed by atoms with Gasteiger partial charge in [-0.05, 0) is 54.4 Å². The summed E-state index contributed by atoms with van der Waals surface area (Å²) in [5.74, 6) is 0.175. The van der Waals surface area contributed by atoms with Gasteiger partial charge in [0.25, 0.3) is 0 Å². The van der Waals surface area contributed by atoms with Gasteiger partial charge < -0.3 is 4.42 Å². The number of fused-ring (bicyclic) bond motifs is 1. The van der Waals surface area contributed by atoms with Crippen molar-refractivity contribution in [3.63, 3.8) is 0 Å². The van der Waals surface area contributed by atoms with Gasteiger partial charge in [-0.1, -0.05) is 35.1 Å². The molecule has 0 spiro atoms. The molecule has 0 radical (unpaired) electrons. The summed E-state index contributed by atoms with van der Waals surface area (Å²) in [6.07, 6.45) is 1.71. The number of amides is 1. The van der Waals surface area contributed by atoms with Gasteiger partial charge in [-0.25, -0.2) is 9.37 Å². The number of carbonyl (C=O) groups is 1. The number of thiazole rings is 1. The number of aromatic nitrogens is 1. The van der Waals surface area contributed by atoms with Crippen LogP contribution in [-0.2, 0) is 17.8 Å². The number of hydrogen-bond donors (Lipinski definition) is 0. The molecule has 1 amide bonds. The lowest BCUT2D eigenvalue weighted by molar-refractivity contribution is -0.118. The number of nitrogens with zero attached hydrogens (tertiary/aromatic N) is 2. The first-order valence-electron chi connectivity index (χ1n) is 8.63. The number of furan rings is 1. The van der Waals surface area contributed by atoms with Gasteiger partial charge in [-0.3, -0.25) is 9.69 Å². The first-order valence-corrected chi connectivity index (χ1v) is 9.83. The van der Waals surface area contributed by atoms with Crippen molar-refractivity contribution in [3.8, 4) is 0 Å². The van der Waals surface area contributed by atoms with E-state index in [1.54, 1.807) is 29.4 Å². The molecular weight excluding hydrogens is 399 g/mol. The third-order valence-corrected chi connectivity index (χ3v) is 5.58. The topological polar surface area (TPSA) is 46.3 Å². The number of benzene rings is 2. The number of rotatable bonds is 5. The van der Waals surface area contributed by atoms with Crippen molar-refractivity contribution in [2.45, 2.75) is 19.9 Å². The van der Waals surface area contributed by atoms with E-state index >= 15 is 0 Å². The smallest absolute Gasteiger partial charge is 0.233 e. The van der Waals surface area contributed by atoms with Crippen molar-refractivity contribution in [1.29, 1.82) is 0 Å². The summed E-state index contributed by atoms with van der Waals surface area (Å²) in [6.45, 7) is 2.20. The summed E-state index contributed by atoms with van der Waals surface area (Å²) >= 11 is 7.57. The molecule has 0 aliphatic carbocycles. The standard InChI is InChI=1S/C21H16ClFN2O2S/c1-13-9-15(22)11-18-20(13)24-21(28-18)25(12-17-3-2-8-27-17)19(26)10-14-4-6-16(23)7-5-14/h2-9,11H,10,12H2,1H3. The van der Waals surface area contributed by atoms with E-state index in [1.807, 2.05) is 25.1 Å². The maximum absolute atomic E-state index is 13.2. The Morgan fingerprint density at radius 1 is 1.25 bits per heavy atom. The summed E-state index contributed by atoms with van der Waals surface area (Å²) < 4.78 is 19.5. The highest BCUT2D eigenvalue weighted by Crippen LogP contribution is 2.34. The molecule has 4 rings (SSSR count). The molecule has 28 heavy (non-hydrogen) atoms. The minimum absolute atomic E-state index is 0.136. The second kappa shape index (κ2) is 7.73. The van der Waals surface area contributed by atoms with E-state index in [-0.39, 0.29) is 24.7 Å². The molecule has 2 aromatic heterocycles. The Morgan fingerprint density at radius 3 is 2.75 bits per heavy atom. The molecule has 0 fully saturated rings. The monoisotopic (exact) mass is 414 g/mol. The van der Waals surface area contributed by atoms with E-state index in [0.29, 0.717) is 15.9 Å². The molecule has 0 saturated heterocycles. The van der Waals surface area contributed by atoms with Crippen LogP contribution in [0.5, 0.6) is 0 Å². The average molecular weight is 415 g/mol. The maximum atomic E-state index is 13.2. The fourth-order valence-corrected chi connectivity index (χ4v) is 4.39. The Kier molecular flexibility index (Phi) is 5.15. The van der Waals surface area contributed by atoms with Crippen molar-refractivity contribution in [2.75, 3.05) is 4.90 Å². The van der Waals surface area contributed by atoms with Gasteiger partial charge >= 0.3 is 0 Å². The molecular formula is C21H16ClFN2O2S. The highest BCUT2D eigenvalue weighted by molar-refractivity contribution is 7.22. The van der Waals surface area contributed by atoms with E-state index in [9.17, 15) is 9.18 Å². The number of carbonyl (C=O) groups excluding carboxylic acids is 1. The van der Waals surface area contributed by atoms with Crippen LogP contribution >= 0.6 is 22.9 Å². The SMILES string of the molecule is Cc1cc(Cl)cc2sc(N(Cc3ccco3)C(=O)Cc3ccc(F)cc3)nc12. The molecule has 0 aliphatic rings. The first kappa shape index (κ1) is 18.7. The third kappa shape index (κ3) is 3.93. The second-order valence-electron chi connectivity index (χ2n) is 6.43. The van der Waals surface area contributed by atoms with Gasteiger partial charge in [-0.2, -0.15) is 0 Å². The minimum atomic E-state index is -0.331. The van der Waals surface area contributed by atoms with Crippen LogP contribution in [0.2, 0.25) is 5.02 Å². The Hall–Kier alpha value is -2.70. The summed E-state index contributed by atoms with van der Waals surface area (Å²) in [4.78, 5) is 19.4. The Labute approximate surface area is 170 Å². The number of anilines is 1. The Bertz CT molecular complexity index is 1120. The summed E-state index contributed by atoms with van der Waals surface area (Å²) in [5, 5.41) is 1.21. The van der Waals surface area contributed by atoms with E-state index in [0.717, 1.165) is 21.3 Å². The van der Waals surface area contributed by atoms with Gasteiger partial charge in [0.2, 0.25) is 5.91 Å². The molecule has 0 aliphatic heterocycles. The molecule has 2 aromatic carbocycles. The van der Waals surface area contributed by atoms with E-state index in [1.165, 1.54) is 23.5 Å². The van der Waals surface area contributed by atoms with Crippen molar-refractivity contribution in [3.05, 3.63) is 82.5 Å². The van der Waals surface area contributed by atoms with Gasteiger partial charge in [0, 0.05) is 5.02 Å². The number of halogens is 2. The lowest BCUT2D eigenvalue weighted by Gasteiger charge is -2.18. The molecule has 0 N–H and O–H groups in total. The third-order valence-electron chi connectivity index (χ3n) is 4.33. The molecule has 2 heterocycles. The first-order chi connectivity index (χ1) is 13.5. The lowest BCUT2D eigenvalue weighted by Crippen LogP contribution is -2.31. The normalized spacial score (nSPS) is 11.1. The van der Waals surface area contributed by atoms with Crippen LogP contribution in [0.15, 0.2) is 59.2 Å². The molecule has 0 bridgehead atoms. The van der Waals surface area contributed by atoms with Gasteiger partial charge in [0.15, 0.2) is 5.13 Å². The van der Waals surface area contributed by atoms with Crippen LogP contribution in [0.3, 0.4) is 0 Å². The summed E-state index contributed by atoms with van der Waals surface area (Å²) in [6, 6.07) is 13.2. The highest BCUT2D eigenvalue weighted by Gasteiger charge is 2.22. The number of aryl methyl sites for hydroxylation is 1. The van der Waals surface area contributed by atoms with Gasteiger partial charge in [0.1, 0.15) is 11.6 Å². The fourth-order valence-electron chi connectivity index (χ4n) is 2.95. The van der Waals surface area contributed by atoms with Crippen molar-refractivity contribution in [1.82, 2.24) is 4.98 Å². The number of hydrogen-bond acceptors (Lipinski definition) is 4. The van der Waals surface area contributed by atoms with Crippen LogP contribution in [0, 0.1) is 12.7 Å². The molecule has 4 nitrogen and oxygen atoms in total. The van der Waals surface area contributed by atoms with Crippen LogP contribution in [0.1, 0.15) is 16.9 Å². The Balaban J connectivity index is 1.69. The van der Waals surface area contributed by atoms with Crippen LogP contribution in [0.4, 0.5) is 9.52 Å². The molecule has 4 aromatic rings. The predicted octanol–water partition coefficient (Wildman–Crippen LogP) is 5.77.